The first-order valence-electron chi connectivity index (χ1n) is 10.2. The molecule has 32 heavy (non-hydrogen) atoms. The van der Waals surface area contributed by atoms with Crippen LogP contribution in [0.4, 0.5) is 11.4 Å². The van der Waals surface area contributed by atoms with Crippen molar-refractivity contribution >= 4 is 40.4 Å². The predicted molar refractivity (Wildman–Crippen MR) is 120 cm³/mol. The van der Waals surface area contributed by atoms with E-state index in [0.29, 0.717) is 29.3 Å². The second-order valence-corrected chi connectivity index (χ2v) is 8.71. The number of carbonyl (C=O) groups excluding carboxylic acids is 3. The molecule has 0 radical (unpaired) electrons. The summed E-state index contributed by atoms with van der Waals surface area (Å²) >= 11 is 1.32. The number of carbonyl (C=O) groups is 3. The van der Waals surface area contributed by atoms with E-state index >= 15 is 0 Å². The van der Waals surface area contributed by atoms with E-state index in [1.54, 1.807) is 41.3 Å². The second kappa shape index (κ2) is 9.37. The Morgan fingerprint density at radius 1 is 1.22 bits per heavy atom. The molecule has 1 atom stereocenters. The van der Waals surface area contributed by atoms with Crippen molar-refractivity contribution < 1.29 is 23.9 Å². The monoisotopic (exact) mass is 453 g/mol. The molecule has 0 saturated carbocycles. The number of furan rings is 1. The molecule has 4 rings (SSSR count). The first-order chi connectivity index (χ1) is 15.4. The number of anilines is 2. The summed E-state index contributed by atoms with van der Waals surface area (Å²) in [6.07, 6.45) is 1.94. The minimum atomic E-state index is -0.874. The molecule has 3 heterocycles. The molecule has 0 bridgehead atoms. The SMILES string of the molecule is Cc1ccc(NC(=O)C(=O)NCc2ccc(C(O)c3ccco3)s2)cc1N1CCCC1=O. The Hall–Kier alpha value is -3.43. The van der Waals surface area contributed by atoms with Gasteiger partial charge in [-0.25, -0.2) is 0 Å². The standard InChI is InChI=1S/C23H23N3O5S/c1-14-6-7-15(12-17(14)26-10-2-5-20(26)27)25-23(30)22(29)24-13-16-8-9-19(32-16)21(28)18-4-3-11-31-18/h3-4,6-9,11-12,21,28H,2,5,10,13H2,1H3,(H,24,29)(H,25,30). The van der Waals surface area contributed by atoms with Gasteiger partial charge in [-0.05, 0) is 55.3 Å². The van der Waals surface area contributed by atoms with Crippen molar-refractivity contribution in [1.82, 2.24) is 5.32 Å². The van der Waals surface area contributed by atoms with Crippen molar-refractivity contribution in [2.75, 3.05) is 16.8 Å². The van der Waals surface area contributed by atoms with Gasteiger partial charge in [0.25, 0.3) is 0 Å². The number of aliphatic hydroxyl groups excluding tert-OH is 1. The van der Waals surface area contributed by atoms with Gasteiger partial charge in [-0.2, -0.15) is 0 Å². The summed E-state index contributed by atoms with van der Waals surface area (Å²) in [5, 5.41) is 15.5. The van der Waals surface area contributed by atoms with Crippen LogP contribution < -0.4 is 15.5 Å². The van der Waals surface area contributed by atoms with Crippen molar-refractivity contribution in [1.29, 1.82) is 0 Å². The van der Waals surface area contributed by atoms with Gasteiger partial charge >= 0.3 is 11.8 Å². The Morgan fingerprint density at radius 3 is 2.78 bits per heavy atom. The minimum absolute atomic E-state index is 0.0572. The summed E-state index contributed by atoms with van der Waals surface area (Å²) in [6.45, 7) is 2.70. The minimum Gasteiger partial charge on any atom is -0.466 e. The van der Waals surface area contributed by atoms with E-state index in [2.05, 4.69) is 10.6 Å². The van der Waals surface area contributed by atoms with Crippen LogP contribution in [0.3, 0.4) is 0 Å². The lowest BCUT2D eigenvalue weighted by Gasteiger charge is -2.19. The molecule has 3 aromatic rings. The predicted octanol–water partition coefficient (Wildman–Crippen LogP) is 3.11. The Labute approximate surface area is 188 Å². The summed E-state index contributed by atoms with van der Waals surface area (Å²) in [5.74, 6) is -1.07. The number of rotatable bonds is 6. The molecule has 1 fully saturated rings. The molecule has 0 aliphatic carbocycles. The Bertz CT molecular complexity index is 1140. The zero-order valence-electron chi connectivity index (χ0n) is 17.5. The lowest BCUT2D eigenvalue weighted by atomic mass is 10.1. The number of amides is 3. The highest BCUT2D eigenvalue weighted by molar-refractivity contribution is 7.12. The normalized spacial score (nSPS) is 14.4. The smallest absolute Gasteiger partial charge is 0.313 e. The molecule has 8 nitrogen and oxygen atoms in total. The lowest BCUT2D eigenvalue weighted by Crippen LogP contribution is -2.34. The van der Waals surface area contributed by atoms with Gasteiger partial charge < -0.3 is 25.1 Å². The van der Waals surface area contributed by atoms with E-state index in [1.807, 2.05) is 13.0 Å². The largest absolute Gasteiger partial charge is 0.466 e. The van der Waals surface area contributed by atoms with Crippen LogP contribution in [0.2, 0.25) is 0 Å². The highest BCUT2D eigenvalue weighted by Crippen LogP contribution is 2.29. The van der Waals surface area contributed by atoms with E-state index in [9.17, 15) is 19.5 Å². The molecule has 2 aromatic heterocycles. The van der Waals surface area contributed by atoms with Crippen LogP contribution in [0.15, 0.2) is 53.1 Å². The maximum absolute atomic E-state index is 12.3. The lowest BCUT2D eigenvalue weighted by molar-refractivity contribution is -0.136. The molecular formula is C23H23N3O5S. The number of benzene rings is 1. The summed E-state index contributed by atoms with van der Waals surface area (Å²) in [6, 6.07) is 12.2. The summed E-state index contributed by atoms with van der Waals surface area (Å²) in [5.41, 5.74) is 2.12. The fourth-order valence-electron chi connectivity index (χ4n) is 3.54. The van der Waals surface area contributed by atoms with Gasteiger partial charge in [0.1, 0.15) is 11.9 Å². The zero-order chi connectivity index (χ0) is 22.7. The zero-order valence-corrected chi connectivity index (χ0v) is 18.3. The number of hydrogen-bond donors (Lipinski definition) is 3. The van der Waals surface area contributed by atoms with Crippen LogP contribution in [0, 0.1) is 6.92 Å². The fraction of sp³-hybridized carbons (Fsp3) is 0.261. The molecule has 1 unspecified atom stereocenters. The van der Waals surface area contributed by atoms with Crippen molar-refractivity contribution in [3.05, 3.63) is 69.8 Å². The van der Waals surface area contributed by atoms with E-state index < -0.39 is 17.9 Å². The van der Waals surface area contributed by atoms with Crippen LogP contribution in [-0.2, 0) is 20.9 Å². The van der Waals surface area contributed by atoms with Crippen molar-refractivity contribution in [2.45, 2.75) is 32.4 Å². The Balaban J connectivity index is 1.34. The fourth-order valence-corrected chi connectivity index (χ4v) is 4.49. The first kappa shape index (κ1) is 21.8. The second-order valence-electron chi connectivity index (χ2n) is 7.51. The summed E-state index contributed by atoms with van der Waals surface area (Å²) in [7, 11) is 0. The maximum atomic E-state index is 12.3. The molecule has 1 saturated heterocycles. The van der Waals surface area contributed by atoms with Crippen LogP contribution in [0.25, 0.3) is 0 Å². The maximum Gasteiger partial charge on any atom is 0.313 e. The van der Waals surface area contributed by atoms with E-state index in [4.69, 9.17) is 4.42 Å². The van der Waals surface area contributed by atoms with Gasteiger partial charge in [0.2, 0.25) is 5.91 Å². The van der Waals surface area contributed by atoms with E-state index in [1.165, 1.54) is 17.6 Å². The number of aliphatic hydroxyl groups is 1. The van der Waals surface area contributed by atoms with Crippen LogP contribution in [0.1, 0.15) is 40.0 Å². The average Bonchev–Trinajstić information content (AvgIpc) is 3.55. The highest BCUT2D eigenvalue weighted by Gasteiger charge is 2.24. The van der Waals surface area contributed by atoms with Gasteiger partial charge in [-0.3, -0.25) is 14.4 Å². The van der Waals surface area contributed by atoms with E-state index in [0.717, 1.165) is 22.5 Å². The third-order valence-electron chi connectivity index (χ3n) is 5.23. The van der Waals surface area contributed by atoms with E-state index in [-0.39, 0.29) is 12.5 Å². The number of nitrogens with zero attached hydrogens (tertiary/aromatic N) is 1. The van der Waals surface area contributed by atoms with Gasteiger partial charge in [0.05, 0.1) is 12.8 Å². The molecule has 3 N–H and O–H groups in total. The van der Waals surface area contributed by atoms with Gasteiger partial charge in [0, 0.05) is 34.1 Å². The molecule has 1 aliphatic heterocycles. The summed E-state index contributed by atoms with van der Waals surface area (Å²) in [4.78, 5) is 39.8. The van der Waals surface area contributed by atoms with Gasteiger partial charge in [-0.15, -0.1) is 11.3 Å². The average molecular weight is 454 g/mol. The first-order valence-corrected chi connectivity index (χ1v) is 11.0. The number of nitrogens with one attached hydrogen (secondary N) is 2. The third-order valence-corrected chi connectivity index (χ3v) is 6.36. The molecule has 1 aliphatic rings. The molecule has 3 amide bonds. The Kier molecular flexibility index (Phi) is 6.38. The number of aryl methyl sites for hydroxylation is 1. The quantitative estimate of drug-likeness (QED) is 0.497. The third kappa shape index (κ3) is 4.74. The van der Waals surface area contributed by atoms with Gasteiger partial charge in [0.15, 0.2) is 0 Å². The molecular weight excluding hydrogens is 430 g/mol. The van der Waals surface area contributed by atoms with Crippen LogP contribution in [-0.4, -0.2) is 29.4 Å². The molecule has 1 aromatic carbocycles. The molecule has 9 heteroatoms. The topological polar surface area (TPSA) is 112 Å². The number of hydrogen-bond acceptors (Lipinski definition) is 6. The van der Waals surface area contributed by atoms with Crippen molar-refractivity contribution in [3.8, 4) is 0 Å². The Morgan fingerprint density at radius 2 is 2.06 bits per heavy atom. The highest BCUT2D eigenvalue weighted by atomic mass is 32.1. The summed E-state index contributed by atoms with van der Waals surface area (Å²) < 4.78 is 5.21. The molecule has 0 spiro atoms. The van der Waals surface area contributed by atoms with Crippen molar-refractivity contribution in [3.63, 3.8) is 0 Å². The van der Waals surface area contributed by atoms with Crippen LogP contribution >= 0.6 is 11.3 Å². The van der Waals surface area contributed by atoms with Crippen LogP contribution in [0.5, 0.6) is 0 Å². The molecule has 166 valence electrons. The number of thiophene rings is 1. The van der Waals surface area contributed by atoms with Crippen molar-refractivity contribution in [2.24, 2.45) is 0 Å². The van der Waals surface area contributed by atoms with Gasteiger partial charge in [-0.1, -0.05) is 6.07 Å².